The smallest absolute Gasteiger partial charge is 0.275 e. The summed E-state index contributed by atoms with van der Waals surface area (Å²) in [6.45, 7) is 2.36. The van der Waals surface area contributed by atoms with Crippen molar-refractivity contribution in [1.82, 2.24) is 15.1 Å². The van der Waals surface area contributed by atoms with Crippen LogP contribution in [0.1, 0.15) is 23.8 Å². The number of carbonyl (C=O) groups is 1. The highest BCUT2D eigenvalue weighted by atomic mass is 16.5. The zero-order valence-electron chi connectivity index (χ0n) is 12.4. The van der Waals surface area contributed by atoms with Crippen molar-refractivity contribution in [3.05, 3.63) is 46.4 Å². The maximum absolute atomic E-state index is 12.1. The van der Waals surface area contributed by atoms with Gasteiger partial charge in [0.15, 0.2) is 11.4 Å². The molecule has 0 bridgehead atoms. The standard InChI is InChI=1S/C15H17N3O4/c1-3-8-16-15(21)14-11(19)9-13(20)18(17-14)10-6-4-5-7-12(10)22-2/h4-7,9,19H,3,8H2,1-2H3,(H,16,21). The van der Waals surface area contributed by atoms with Crippen molar-refractivity contribution in [2.24, 2.45) is 0 Å². The Morgan fingerprint density at radius 3 is 2.82 bits per heavy atom. The third kappa shape index (κ3) is 3.08. The number of para-hydroxylation sites is 2. The number of hydrogen-bond donors (Lipinski definition) is 2. The first-order valence-electron chi connectivity index (χ1n) is 6.83. The lowest BCUT2D eigenvalue weighted by Gasteiger charge is -2.11. The molecule has 2 N–H and O–H groups in total. The molecule has 0 saturated heterocycles. The highest BCUT2D eigenvalue weighted by Gasteiger charge is 2.17. The minimum absolute atomic E-state index is 0.209. The zero-order chi connectivity index (χ0) is 16.1. The Morgan fingerprint density at radius 2 is 2.14 bits per heavy atom. The maximum atomic E-state index is 12.1. The summed E-state index contributed by atoms with van der Waals surface area (Å²) in [5.74, 6) is -0.560. The SMILES string of the molecule is CCCNC(=O)c1nn(-c2ccccc2OC)c(=O)cc1O. The number of nitrogens with one attached hydrogen (secondary N) is 1. The molecular formula is C15H17N3O4. The summed E-state index contributed by atoms with van der Waals surface area (Å²) in [4.78, 5) is 24.0. The van der Waals surface area contributed by atoms with Gasteiger partial charge >= 0.3 is 0 Å². The van der Waals surface area contributed by atoms with Gasteiger partial charge in [-0.05, 0) is 18.6 Å². The lowest BCUT2D eigenvalue weighted by molar-refractivity contribution is 0.0943. The van der Waals surface area contributed by atoms with Crippen LogP contribution in [0.3, 0.4) is 0 Å². The second kappa shape index (κ2) is 6.75. The minimum Gasteiger partial charge on any atom is -0.505 e. The van der Waals surface area contributed by atoms with Crippen LogP contribution in [0.15, 0.2) is 35.1 Å². The number of aromatic nitrogens is 2. The third-order valence-corrected chi connectivity index (χ3v) is 2.98. The number of nitrogens with zero attached hydrogens (tertiary/aromatic N) is 2. The fraction of sp³-hybridized carbons (Fsp3) is 0.267. The molecule has 0 saturated carbocycles. The molecule has 1 aromatic carbocycles. The van der Waals surface area contributed by atoms with Gasteiger partial charge in [-0.25, -0.2) is 0 Å². The largest absolute Gasteiger partial charge is 0.505 e. The Bertz CT molecular complexity index is 740. The molecule has 1 heterocycles. The van der Waals surface area contributed by atoms with E-state index >= 15 is 0 Å². The summed E-state index contributed by atoms with van der Waals surface area (Å²) >= 11 is 0. The Kier molecular flexibility index (Phi) is 4.77. The van der Waals surface area contributed by atoms with Gasteiger partial charge in [-0.3, -0.25) is 9.59 Å². The summed E-state index contributed by atoms with van der Waals surface area (Å²) in [7, 11) is 1.47. The first-order chi connectivity index (χ1) is 10.6. The number of methoxy groups -OCH3 is 1. The van der Waals surface area contributed by atoms with E-state index in [4.69, 9.17) is 4.74 Å². The summed E-state index contributed by atoms with van der Waals surface area (Å²) in [5, 5.41) is 16.4. The molecule has 1 aromatic heterocycles. The van der Waals surface area contributed by atoms with Gasteiger partial charge in [-0.1, -0.05) is 19.1 Å². The van der Waals surface area contributed by atoms with Gasteiger partial charge in [0.2, 0.25) is 0 Å². The van der Waals surface area contributed by atoms with Gasteiger partial charge in [0.05, 0.1) is 7.11 Å². The lowest BCUT2D eigenvalue weighted by Crippen LogP contribution is -2.29. The van der Waals surface area contributed by atoms with Crippen LogP contribution in [-0.2, 0) is 0 Å². The van der Waals surface area contributed by atoms with Gasteiger partial charge in [-0.15, -0.1) is 0 Å². The highest BCUT2D eigenvalue weighted by Crippen LogP contribution is 2.21. The van der Waals surface area contributed by atoms with Crippen molar-refractivity contribution in [3.8, 4) is 17.2 Å². The quantitative estimate of drug-likeness (QED) is 0.862. The van der Waals surface area contributed by atoms with Gasteiger partial charge in [-0.2, -0.15) is 9.78 Å². The van der Waals surface area contributed by atoms with E-state index in [9.17, 15) is 14.7 Å². The fourth-order valence-electron chi connectivity index (χ4n) is 1.91. The molecule has 2 rings (SSSR count). The van der Waals surface area contributed by atoms with Gasteiger partial charge in [0.25, 0.3) is 11.5 Å². The third-order valence-electron chi connectivity index (χ3n) is 2.98. The number of ether oxygens (including phenoxy) is 1. The topological polar surface area (TPSA) is 93.5 Å². The molecule has 22 heavy (non-hydrogen) atoms. The van der Waals surface area contributed by atoms with E-state index in [0.717, 1.165) is 17.2 Å². The van der Waals surface area contributed by atoms with Gasteiger partial charge in [0.1, 0.15) is 11.4 Å². The van der Waals surface area contributed by atoms with E-state index < -0.39 is 17.2 Å². The number of aromatic hydroxyl groups is 1. The van der Waals surface area contributed by atoms with Crippen LogP contribution < -0.4 is 15.6 Å². The van der Waals surface area contributed by atoms with E-state index in [-0.39, 0.29) is 5.69 Å². The number of hydrogen-bond acceptors (Lipinski definition) is 5. The average molecular weight is 303 g/mol. The predicted molar refractivity (Wildman–Crippen MR) is 80.7 cm³/mol. The molecule has 0 unspecified atom stereocenters. The molecule has 2 aromatic rings. The van der Waals surface area contributed by atoms with E-state index in [0.29, 0.717) is 18.0 Å². The van der Waals surface area contributed by atoms with E-state index in [1.165, 1.54) is 7.11 Å². The molecule has 7 heteroatoms. The summed E-state index contributed by atoms with van der Waals surface area (Å²) in [5.41, 5.74) is -0.382. The van der Waals surface area contributed by atoms with Crippen LogP contribution >= 0.6 is 0 Å². The molecule has 0 atom stereocenters. The van der Waals surface area contributed by atoms with Crippen LogP contribution in [0, 0.1) is 0 Å². The van der Waals surface area contributed by atoms with Gasteiger partial charge in [0, 0.05) is 12.6 Å². The Morgan fingerprint density at radius 1 is 1.41 bits per heavy atom. The molecule has 0 radical (unpaired) electrons. The van der Waals surface area contributed by atoms with Crippen molar-refractivity contribution in [2.75, 3.05) is 13.7 Å². The van der Waals surface area contributed by atoms with E-state index in [1.54, 1.807) is 24.3 Å². The van der Waals surface area contributed by atoms with Crippen LogP contribution in [0.4, 0.5) is 0 Å². The normalized spacial score (nSPS) is 10.3. The Hall–Kier alpha value is -2.83. The summed E-state index contributed by atoms with van der Waals surface area (Å²) in [6.07, 6.45) is 0.749. The Balaban J connectivity index is 2.53. The maximum Gasteiger partial charge on any atom is 0.275 e. The molecule has 0 spiro atoms. The first-order valence-corrected chi connectivity index (χ1v) is 6.83. The first kappa shape index (κ1) is 15.6. The van der Waals surface area contributed by atoms with Crippen LogP contribution in [0.25, 0.3) is 5.69 Å². The van der Waals surface area contributed by atoms with E-state index in [2.05, 4.69) is 10.4 Å². The number of carbonyl (C=O) groups excluding carboxylic acids is 1. The van der Waals surface area contributed by atoms with Crippen LogP contribution in [0.2, 0.25) is 0 Å². The predicted octanol–water partition coefficient (Wildman–Crippen LogP) is 1.09. The highest BCUT2D eigenvalue weighted by molar-refractivity contribution is 5.94. The summed E-state index contributed by atoms with van der Waals surface area (Å²) in [6, 6.07) is 7.74. The molecule has 0 aliphatic rings. The molecule has 116 valence electrons. The summed E-state index contributed by atoms with van der Waals surface area (Å²) < 4.78 is 6.21. The number of benzene rings is 1. The average Bonchev–Trinajstić information content (AvgIpc) is 2.52. The second-order valence-corrected chi connectivity index (χ2v) is 4.56. The van der Waals surface area contributed by atoms with Crippen LogP contribution in [0.5, 0.6) is 11.5 Å². The minimum atomic E-state index is -0.561. The zero-order valence-corrected chi connectivity index (χ0v) is 12.4. The molecule has 0 fully saturated rings. The van der Waals surface area contributed by atoms with Crippen molar-refractivity contribution in [2.45, 2.75) is 13.3 Å². The lowest BCUT2D eigenvalue weighted by atomic mass is 10.3. The number of rotatable bonds is 5. The van der Waals surface area contributed by atoms with Crippen molar-refractivity contribution >= 4 is 5.91 Å². The fourth-order valence-corrected chi connectivity index (χ4v) is 1.91. The van der Waals surface area contributed by atoms with Gasteiger partial charge < -0.3 is 15.2 Å². The van der Waals surface area contributed by atoms with Crippen molar-refractivity contribution in [3.63, 3.8) is 0 Å². The molecular weight excluding hydrogens is 286 g/mol. The van der Waals surface area contributed by atoms with Crippen molar-refractivity contribution in [1.29, 1.82) is 0 Å². The monoisotopic (exact) mass is 303 g/mol. The van der Waals surface area contributed by atoms with E-state index in [1.807, 2.05) is 6.92 Å². The molecule has 1 amide bonds. The van der Waals surface area contributed by atoms with Crippen molar-refractivity contribution < 1.29 is 14.6 Å². The van der Waals surface area contributed by atoms with Crippen LogP contribution in [-0.4, -0.2) is 34.4 Å². The molecule has 0 aliphatic heterocycles. The molecule has 0 aliphatic carbocycles. The Labute approximate surface area is 127 Å². The number of amides is 1. The second-order valence-electron chi connectivity index (χ2n) is 4.56. The molecule has 7 nitrogen and oxygen atoms in total.